The maximum atomic E-state index is 12.4. The van der Waals surface area contributed by atoms with Gasteiger partial charge in [0.25, 0.3) is 0 Å². The van der Waals surface area contributed by atoms with Crippen molar-refractivity contribution >= 4 is 17.7 Å². The SMILES string of the molecule is CC(CSc1ccccc1)C(=O)NCC(c1ccccc1)N(C)C. The van der Waals surface area contributed by atoms with E-state index in [0.717, 1.165) is 5.75 Å². The lowest BCUT2D eigenvalue weighted by molar-refractivity contribution is -0.124. The maximum Gasteiger partial charge on any atom is 0.223 e. The summed E-state index contributed by atoms with van der Waals surface area (Å²) in [5.74, 6) is 0.878. The Morgan fingerprint density at radius 3 is 2.21 bits per heavy atom. The molecule has 24 heavy (non-hydrogen) atoms. The molecule has 2 rings (SSSR count). The van der Waals surface area contributed by atoms with Gasteiger partial charge in [-0.15, -0.1) is 11.8 Å². The number of rotatable bonds is 8. The molecule has 0 aromatic heterocycles. The number of carbonyl (C=O) groups is 1. The van der Waals surface area contributed by atoms with Crippen molar-refractivity contribution in [3.05, 3.63) is 66.2 Å². The van der Waals surface area contributed by atoms with E-state index in [0.29, 0.717) is 6.54 Å². The van der Waals surface area contributed by atoms with Crippen LogP contribution in [0.2, 0.25) is 0 Å². The smallest absolute Gasteiger partial charge is 0.223 e. The Hall–Kier alpha value is -1.78. The van der Waals surface area contributed by atoms with E-state index in [2.05, 4.69) is 34.5 Å². The topological polar surface area (TPSA) is 32.3 Å². The number of likely N-dealkylation sites (N-methyl/N-ethyl adjacent to an activating group) is 1. The molecule has 0 heterocycles. The van der Waals surface area contributed by atoms with Crippen molar-refractivity contribution in [3.63, 3.8) is 0 Å². The molecule has 0 aliphatic carbocycles. The van der Waals surface area contributed by atoms with Crippen molar-refractivity contribution < 1.29 is 4.79 Å². The molecule has 4 heteroatoms. The van der Waals surface area contributed by atoms with E-state index in [1.807, 2.05) is 57.4 Å². The molecule has 0 aliphatic rings. The van der Waals surface area contributed by atoms with Crippen molar-refractivity contribution in [1.82, 2.24) is 10.2 Å². The zero-order valence-corrected chi connectivity index (χ0v) is 15.4. The Morgan fingerprint density at radius 1 is 1.04 bits per heavy atom. The van der Waals surface area contributed by atoms with E-state index in [1.54, 1.807) is 11.8 Å². The molecule has 3 nitrogen and oxygen atoms in total. The monoisotopic (exact) mass is 342 g/mol. The van der Waals surface area contributed by atoms with Gasteiger partial charge in [-0.25, -0.2) is 0 Å². The maximum absolute atomic E-state index is 12.4. The van der Waals surface area contributed by atoms with Crippen LogP contribution >= 0.6 is 11.8 Å². The third-order valence-electron chi connectivity index (χ3n) is 3.97. The molecule has 1 amide bonds. The first kappa shape index (κ1) is 18.6. The van der Waals surface area contributed by atoms with Crippen molar-refractivity contribution in [2.45, 2.75) is 17.9 Å². The number of benzene rings is 2. The second kappa shape index (κ2) is 9.50. The Labute approximate surface area is 149 Å². The van der Waals surface area contributed by atoms with Crippen LogP contribution in [0.1, 0.15) is 18.5 Å². The molecule has 0 spiro atoms. The fraction of sp³-hybridized carbons (Fsp3) is 0.350. The highest BCUT2D eigenvalue weighted by Crippen LogP contribution is 2.21. The molecular weight excluding hydrogens is 316 g/mol. The van der Waals surface area contributed by atoms with Gasteiger partial charge in [-0.1, -0.05) is 55.5 Å². The average Bonchev–Trinajstić information content (AvgIpc) is 2.61. The van der Waals surface area contributed by atoms with Crippen LogP contribution < -0.4 is 5.32 Å². The van der Waals surface area contributed by atoms with E-state index < -0.39 is 0 Å². The lowest BCUT2D eigenvalue weighted by atomic mass is 10.1. The van der Waals surface area contributed by atoms with Gasteiger partial charge < -0.3 is 10.2 Å². The quantitative estimate of drug-likeness (QED) is 0.740. The molecular formula is C20H26N2OS. The van der Waals surface area contributed by atoms with Gasteiger partial charge in [-0.05, 0) is 31.8 Å². The Balaban J connectivity index is 1.84. The van der Waals surface area contributed by atoms with Gasteiger partial charge in [0.1, 0.15) is 0 Å². The standard InChI is InChI=1S/C20H26N2OS/c1-16(15-24-18-12-8-5-9-13-18)20(23)21-14-19(22(2)3)17-10-6-4-7-11-17/h4-13,16,19H,14-15H2,1-3H3,(H,21,23). The molecule has 0 saturated carbocycles. The summed E-state index contributed by atoms with van der Waals surface area (Å²) in [5.41, 5.74) is 1.22. The van der Waals surface area contributed by atoms with Crippen LogP contribution in [-0.2, 0) is 4.79 Å². The van der Waals surface area contributed by atoms with Gasteiger partial charge >= 0.3 is 0 Å². The van der Waals surface area contributed by atoms with Crippen LogP contribution in [0.3, 0.4) is 0 Å². The van der Waals surface area contributed by atoms with Gasteiger partial charge in [-0.2, -0.15) is 0 Å². The summed E-state index contributed by atoms with van der Waals surface area (Å²) in [6, 6.07) is 20.7. The molecule has 0 radical (unpaired) electrons. The summed E-state index contributed by atoms with van der Waals surface area (Å²) >= 11 is 1.72. The minimum absolute atomic E-state index is 0.0196. The molecule has 0 bridgehead atoms. The first-order chi connectivity index (χ1) is 11.6. The van der Waals surface area contributed by atoms with Gasteiger partial charge in [0.15, 0.2) is 0 Å². The van der Waals surface area contributed by atoms with Gasteiger partial charge in [-0.3, -0.25) is 4.79 Å². The van der Waals surface area contributed by atoms with Crippen molar-refractivity contribution in [2.24, 2.45) is 5.92 Å². The third kappa shape index (κ3) is 5.69. The average molecular weight is 343 g/mol. The van der Waals surface area contributed by atoms with Crippen LogP contribution in [0.4, 0.5) is 0 Å². The molecule has 2 aromatic carbocycles. The predicted molar refractivity (Wildman–Crippen MR) is 102 cm³/mol. The van der Waals surface area contributed by atoms with Crippen molar-refractivity contribution in [3.8, 4) is 0 Å². The molecule has 2 atom stereocenters. The van der Waals surface area contributed by atoms with E-state index in [-0.39, 0.29) is 17.9 Å². The summed E-state index contributed by atoms with van der Waals surface area (Å²) in [6.07, 6.45) is 0. The largest absolute Gasteiger partial charge is 0.354 e. The number of hydrogen-bond donors (Lipinski definition) is 1. The van der Waals surface area contributed by atoms with Gasteiger partial charge in [0, 0.05) is 23.1 Å². The van der Waals surface area contributed by atoms with Crippen LogP contribution in [-0.4, -0.2) is 37.2 Å². The first-order valence-electron chi connectivity index (χ1n) is 8.25. The highest BCUT2D eigenvalue weighted by atomic mass is 32.2. The lowest BCUT2D eigenvalue weighted by Crippen LogP contribution is -2.37. The lowest BCUT2D eigenvalue weighted by Gasteiger charge is -2.25. The van der Waals surface area contributed by atoms with Gasteiger partial charge in [0.05, 0.1) is 6.04 Å². The molecule has 0 fully saturated rings. The molecule has 2 aromatic rings. The van der Waals surface area contributed by atoms with E-state index in [4.69, 9.17) is 0 Å². The number of amides is 1. The highest BCUT2D eigenvalue weighted by Gasteiger charge is 2.18. The summed E-state index contributed by atoms with van der Waals surface area (Å²) in [5, 5.41) is 3.10. The zero-order chi connectivity index (χ0) is 17.4. The normalized spacial score (nSPS) is 13.5. The minimum Gasteiger partial charge on any atom is -0.354 e. The Kier molecular flexibility index (Phi) is 7.35. The zero-order valence-electron chi connectivity index (χ0n) is 14.6. The molecule has 0 saturated heterocycles. The number of thioether (sulfide) groups is 1. The first-order valence-corrected chi connectivity index (χ1v) is 9.23. The number of nitrogens with one attached hydrogen (secondary N) is 1. The summed E-state index contributed by atoms with van der Waals surface area (Å²) in [6.45, 7) is 2.61. The van der Waals surface area contributed by atoms with Crippen molar-refractivity contribution in [2.75, 3.05) is 26.4 Å². The van der Waals surface area contributed by atoms with E-state index in [9.17, 15) is 4.79 Å². The van der Waals surface area contributed by atoms with Crippen LogP contribution in [0, 0.1) is 5.92 Å². The second-order valence-corrected chi connectivity index (χ2v) is 7.25. The number of hydrogen-bond acceptors (Lipinski definition) is 3. The fourth-order valence-corrected chi connectivity index (χ4v) is 3.40. The highest BCUT2D eigenvalue weighted by molar-refractivity contribution is 7.99. The molecule has 1 N–H and O–H groups in total. The van der Waals surface area contributed by atoms with Gasteiger partial charge in [0.2, 0.25) is 5.91 Å². The number of carbonyl (C=O) groups excluding carboxylic acids is 1. The van der Waals surface area contributed by atoms with E-state index >= 15 is 0 Å². The third-order valence-corrected chi connectivity index (χ3v) is 5.24. The molecule has 2 unspecified atom stereocenters. The summed E-state index contributed by atoms with van der Waals surface area (Å²) in [7, 11) is 4.08. The number of nitrogens with zero attached hydrogens (tertiary/aromatic N) is 1. The fourth-order valence-electron chi connectivity index (χ4n) is 2.46. The van der Waals surface area contributed by atoms with Crippen molar-refractivity contribution in [1.29, 1.82) is 0 Å². The summed E-state index contributed by atoms with van der Waals surface area (Å²) in [4.78, 5) is 15.7. The summed E-state index contributed by atoms with van der Waals surface area (Å²) < 4.78 is 0. The molecule has 0 aliphatic heterocycles. The second-order valence-electron chi connectivity index (χ2n) is 6.16. The van der Waals surface area contributed by atoms with Crippen LogP contribution in [0.25, 0.3) is 0 Å². The minimum atomic E-state index is -0.0196. The van der Waals surface area contributed by atoms with Crippen LogP contribution in [0.5, 0.6) is 0 Å². The Bertz CT molecular complexity index is 616. The van der Waals surface area contributed by atoms with E-state index in [1.165, 1.54) is 10.5 Å². The van der Waals surface area contributed by atoms with Crippen LogP contribution in [0.15, 0.2) is 65.6 Å². The Morgan fingerprint density at radius 2 is 1.62 bits per heavy atom. The molecule has 128 valence electrons. The predicted octanol–water partition coefficient (Wildman–Crippen LogP) is 3.83.